The summed E-state index contributed by atoms with van der Waals surface area (Å²) in [5.41, 5.74) is 0. The number of hydrogen-bond acceptors (Lipinski definition) is 0. The third-order valence-electron chi connectivity index (χ3n) is 3.71. The smallest absolute Gasteiger partial charge is 0.200 e. The molecule has 0 aromatic rings. The Balaban J connectivity index is 6.62. The van der Waals surface area contributed by atoms with Crippen LogP contribution >= 0.6 is 22.6 Å². The molecule has 30 heavy (non-hydrogen) atoms. The quantitative estimate of drug-likeness (QED) is 0.145. The van der Waals surface area contributed by atoms with E-state index in [2.05, 4.69) is 0 Å². The van der Waals surface area contributed by atoms with Gasteiger partial charge in [-0.15, -0.1) is 0 Å². The molecule has 0 aliphatic heterocycles. The van der Waals surface area contributed by atoms with Crippen LogP contribution in [0.25, 0.3) is 0 Å². The van der Waals surface area contributed by atoms with Crippen LogP contribution in [-0.4, -0.2) is 51.6 Å². The van der Waals surface area contributed by atoms with Crippen molar-refractivity contribution in [3.63, 3.8) is 0 Å². The van der Waals surface area contributed by atoms with Crippen molar-refractivity contribution >= 4 is 22.6 Å². The van der Waals surface area contributed by atoms with Crippen LogP contribution in [-0.2, 0) is 0 Å². The van der Waals surface area contributed by atoms with E-state index in [0.717, 1.165) is 29.5 Å². The van der Waals surface area contributed by atoms with Crippen LogP contribution in [0.5, 0.6) is 0 Å². The van der Waals surface area contributed by atoms with Gasteiger partial charge < -0.3 is 0 Å². The van der Waals surface area contributed by atoms with Crippen LogP contribution in [0.4, 0.5) is 74.6 Å². The standard InChI is InChI=1S/C12H8F17I/c1-2-4(30)3-5(13,14)6(15,16)7(17,18)8(19,20)9(21,22)10(23,24)11(25,26)12(27,28)29/h4H,2-3H2,1H3. The molecule has 0 fully saturated rings. The van der Waals surface area contributed by atoms with Crippen molar-refractivity contribution in [1.29, 1.82) is 0 Å². The van der Waals surface area contributed by atoms with Crippen LogP contribution in [0.2, 0.25) is 0 Å². The highest BCUT2D eigenvalue weighted by atomic mass is 127. The SMILES string of the molecule is CCC(I)CC(F)(F)C(F)(F)C(F)(F)C(F)(F)C(F)(F)C(F)(F)C(F)(F)C(F)(F)F. The Morgan fingerprint density at radius 3 is 1.03 bits per heavy atom. The van der Waals surface area contributed by atoms with Crippen molar-refractivity contribution in [3.05, 3.63) is 0 Å². The van der Waals surface area contributed by atoms with Crippen molar-refractivity contribution in [2.75, 3.05) is 0 Å². The van der Waals surface area contributed by atoms with Crippen molar-refractivity contribution in [1.82, 2.24) is 0 Å². The Labute approximate surface area is 169 Å². The molecule has 0 amide bonds. The molecular weight excluding hydrogens is 594 g/mol. The minimum absolute atomic E-state index is 0.486. The molecule has 0 nitrogen and oxygen atoms in total. The molecule has 0 aliphatic carbocycles. The molecule has 182 valence electrons. The largest absolute Gasteiger partial charge is 0.460 e. The topological polar surface area (TPSA) is 0 Å². The van der Waals surface area contributed by atoms with E-state index < -0.39 is 64.4 Å². The van der Waals surface area contributed by atoms with Gasteiger partial charge in [0.05, 0.1) is 0 Å². The summed E-state index contributed by atoms with van der Waals surface area (Å²) in [4.78, 5) is 0. The lowest BCUT2D eigenvalue weighted by Gasteiger charge is -2.43. The number of hydrogen-bond donors (Lipinski definition) is 0. The minimum atomic E-state index is -8.57. The zero-order valence-electron chi connectivity index (χ0n) is 13.8. The van der Waals surface area contributed by atoms with Gasteiger partial charge in [-0.05, 0) is 6.42 Å². The first kappa shape index (κ1) is 29.5. The highest BCUT2D eigenvalue weighted by Gasteiger charge is 2.95. The third-order valence-corrected chi connectivity index (χ3v) is 5.03. The maximum absolute atomic E-state index is 13.4. The van der Waals surface area contributed by atoms with E-state index in [-0.39, 0.29) is 0 Å². The van der Waals surface area contributed by atoms with Crippen LogP contribution in [0.3, 0.4) is 0 Å². The van der Waals surface area contributed by atoms with Gasteiger partial charge in [-0.2, -0.15) is 74.6 Å². The lowest BCUT2D eigenvalue weighted by Crippen LogP contribution is -2.74. The average Bonchev–Trinajstić information content (AvgIpc) is 2.51. The Morgan fingerprint density at radius 2 is 0.767 bits per heavy atom. The predicted molar refractivity (Wildman–Crippen MR) is 73.4 cm³/mol. The predicted octanol–water partition coefficient (Wildman–Crippen LogP) is 7.60. The van der Waals surface area contributed by atoms with Crippen LogP contribution < -0.4 is 0 Å². The highest BCUT2D eigenvalue weighted by molar-refractivity contribution is 14.1. The molecule has 0 spiro atoms. The van der Waals surface area contributed by atoms with Crippen molar-refractivity contribution < 1.29 is 74.6 Å². The molecule has 0 rings (SSSR count). The maximum atomic E-state index is 13.4. The molecular formula is C12H8F17I. The van der Waals surface area contributed by atoms with E-state index >= 15 is 0 Å². The number of rotatable bonds is 9. The monoisotopic (exact) mass is 602 g/mol. The van der Waals surface area contributed by atoms with E-state index in [1.165, 1.54) is 0 Å². The fourth-order valence-electron chi connectivity index (χ4n) is 1.75. The van der Waals surface area contributed by atoms with E-state index in [1.807, 2.05) is 0 Å². The first-order valence-corrected chi connectivity index (χ1v) is 8.30. The first-order valence-electron chi connectivity index (χ1n) is 7.06. The van der Waals surface area contributed by atoms with Gasteiger partial charge >= 0.3 is 47.6 Å². The molecule has 1 unspecified atom stereocenters. The minimum Gasteiger partial charge on any atom is -0.200 e. The molecule has 0 heterocycles. The normalized spacial score (nSPS) is 17.3. The summed E-state index contributed by atoms with van der Waals surface area (Å²) in [5.74, 6) is -55.7. The zero-order chi connectivity index (χ0) is 25.0. The Kier molecular flexibility index (Phi) is 7.72. The molecule has 0 aliphatic rings. The lowest BCUT2D eigenvalue weighted by atomic mass is 9.88. The molecule has 0 N–H and O–H groups in total. The summed E-state index contributed by atoms with van der Waals surface area (Å²) >= 11 is 0.930. The molecule has 0 aromatic heterocycles. The Morgan fingerprint density at radius 1 is 0.500 bits per heavy atom. The van der Waals surface area contributed by atoms with Gasteiger partial charge in [-0.1, -0.05) is 29.5 Å². The zero-order valence-corrected chi connectivity index (χ0v) is 16.0. The van der Waals surface area contributed by atoms with Crippen LogP contribution in [0.1, 0.15) is 19.8 Å². The number of alkyl halides is 18. The third kappa shape index (κ3) is 4.01. The molecule has 0 bridgehead atoms. The summed E-state index contributed by atoms with van der Waals surface area (Å²) in [5, 5.41) is 0. The second-order valence-electron chi connectivity index (χ2n) is 5.86. The van der Waals surface area contributed by atoms with Crippen molar-refractivity contribution in [3.8, 4) is 0 Å². The summed E-state index contributed by atoms with van der Waals surface area (Å²) in [6.07, 6.45) is -10.6. The fraction of sp³-hybridized carbons (Fsp3) is 1.00. The van der Waals surface area contributed by atoms with E-state index in [0.29, 0.717) is 0 Å². The molecule has 1 atom stereocenters. The van der Waals surface area contributed by atoms with Gasteiger partial charge in [0.1, 0.15) is 0 Å². The average molecular weight is 602 g/mol. The summed E-state index contributed by atoms with van der Waals surface area (Å²) in [6, 6.07) is 0. The molecule has 0 radical (unpaired) electrons. The molecule has 18 heteroatoms. The first-order chi connectivity index (χ1) is 12.7. The maximum Gasteiger partial charge on any atom is 0.460 e. The Bertz CT molecular complexity index is 604. The number of halogens is 18. The summed E-state index contributed by atoms with van der Waals surface area (Å²) in [7, 11) is 0. The van der Waals surface area contributed by atoms with Crippen LogP contribution in [0.15, 0.2) is 0 Å². The second-order valence-corrected chi connectivity index (χ2v) is 7.62. The molecule has 0 saturated carbocycles. The van der Waals surface area contributed by atoms with Gasteiger partial charge in [0.25, 0.3) is 0 Å². The lowest BCUT2D eigenvalue weighted by molar-refractivity contribution is -0.461. The van der Waals surface area contributed by atoms with Gasteiger partial charge in [0.2, 0.25) is 0 Å². The molecule has 0 aromatic carbocycles. The van der Waals surface area contributed by atoms with E-state index in [4.69, 9.17) is 0 Å². The van der Waals surface area contributed by atoms with Gasteiger partial charge in [-0.3, -0.25) is 0 Å². The Hall–Kier alpha value is -0.460. The van der Waals surface area contributed by atoms with Gasteiger partial charge in [0.15, 0.2) is 0 Å². The molecule has 0 saturated heterocycles. The fourth-order valence-corrected chi connectivity index (χ4v) is 2.30. The van der Waals surface area contributed by atoms with E-state index in [1.54, 1.807) is 0 Å². The summed E-state index contributed by atoms with van der Waals surface area (Å²) in [6.45, 7) is 1.01. The van der Waals surface area contributed by atoms with Gasteiger partial charge in [-0.25, -0.2) is 0 Å². The van der Waals surface area contributed by atoms with Gasteiger partial charge in [0, 0.05) is 10.3 Å². The summed E-state index contributed by atoms with van der Waals surface area (Å²) < 4.78 is 219. The van der Waals surface area contributed by atoms with Crippen molar-refractivity contribution in [2.45, 2.75) is 71.3 Å². The van der Waals surface area contributed by atoms with E-state index in [9.17, 15) is 74.6 Å². The van der Waals surface area contributed by atoms with Crippen LogP contribution in [0, 0.1) is 0 Å². The second kappa shape index (κ2) is 7.84. The highest BCUT2D eigenvalue weighted by Crippen LogP contribution is 2.64. The van der Waals surface area contributed by atoms with Crippen molar-refractivity contribution in [2.24, 2.45) is 0 Å².